The van der Waals surface area contributed by atoms with Crippen LogP contribution < -0.4 is 4.90 Å². The molecule has 2 saturated heterocycles. The molecule has 5 rings (SSSR count). The lowest BCUT2D eigenvalue weighted by Crippen LogP contribution is -2.56. The molecule has 2 aromatic carbocycles. The number of rotatable bonds is 6. The second kappa shape index (κ2) is 9.64. The maximum absolute atomic E-state index is 12.3. The topological polar surface area (TPSA) is 72.0 Å². The van der Waals surface area contributed by atoms with Crippen molar-refractivity contribution in [1.29, 1.82) is 0 Å². The molecule has 186 valence electrons. The van der Waals surface area contributed by atoms with Gasteiger partial charge in [-0.3, -0.25) is 0 Å². The fourth-order valence-corrected chi connectivity index (χ4v) is 5.58. The molecule has 3 heterocycles. The summed E-state index contributed by atoms with van der Waals surface area (Å²) in [5.41, 5.74) is 5.20. The van der Waals surface area contributed by atoms with E-state index in [1.165, 1.54) is 11.3 Å². The van der Waals surface area contributed by atoms with Gasteiger partial charge in [0.25, 0.3) is 0 Å². The average molecular weight is 477 g/mol. The highest BCUT2D eigenvalue weighted by Crippen LogP contribution is 2.39. The molecule has 2 aliphatic heterocycles. The largest absolute Gasteiger partial charge is 0.478 e. The quantitative estimate of drug-likeness (QED) is 0.558. The van der Waals surface area contributed by atoms with Crippen molar-refractivity contribution < 1.29 is 14.6 Å². The number of nitrogens with one attached hydrogen (secondary N) is 1. The first-order valence-corrected chi connectivity index (χ1v) is 12.7. The number of ether oxygens (including phenoxy) is 1. The molecule has 1 aromatic heterocycles. The monoisotopic (exact) mass is 476 g/mol. The zero-order valence-electron chi connectivity index (χ0n) is 21.0. The van der Waals surface area contributed by atoms with Crippen LogP contribution in [0.4, 0.5) is 5.69 Å². The summed E-state index contributed by atoms with van der Waals surface area (Å²) in [6.45, 7) is 13.9. The number of carboxylic acid groups (broad SMARTS) is 1. The molecule has 0 amide bonds. The van der Waals surface area contributed by atoms with Crippen molar-refractivity contribution in [2.75, 3.05) is 57.4 Å². The third kappa shape index (κ3) is 4.44. The number of hydrazine groups is 1. The second-order valence-electron chi connectivity index (χ2n) is 10.1. The highest BCUT2D eigenvalue weighted by molar-refractivity contribution is 6.05. The number of hydrogen-bond acceptors (Lipinski definition) is 5. The van der Waals surface area contributed by atoms with Crippen LogP contribution in [0, 0.1) is 0 Å². The van der Waals surface area contributed by atoms with E-state index in [2.05, 4.69) is 58.9 Å². The maximum atomic E-state index is 12.3. The Morgan fingerprint density at radius 1 is 1.00 bits per heavy atom. The molecular formula is C28H36N4O3. The molecule has 0 unspecified atom stereocenters. The van der Waals surface area contributed by atoms with Crippen LogP contribution >= 0.6 is 0 Å². The number of aryl methyl sites for hydroxylation is 1. The number of aromatic amines is 1. The van der Waals surface area contributed by atoms with Gasteiger partial charge in [0.1, 0.15) is 0 Å². The summed E-state index contributed by atoms with van der Waals surface area (Å²) in [5, 5.41) is 15.8. The Morgan fingerprint density at radius 2 is 1.69 bits per heavy atom. The van der Waals surface area contributed by atoms with Crippen LogP contribution in [-0.4, -0.2) is 78.6 Å². The van der Waals surface area contributed by atoms with Crippen LogP contribution in [0.1, 0.15) is 48.0 Å². The van der Waals surface area contributed by atoms with Gasteiger partial charge in [-0.1, -0.05) is 51.1 Å². The van der Waals surface area contributed by atoms with E-state index < -0.39 is 11.4 Å². The summed E-state index contributed by atoms with van der Waals surface area (Å²) < 4.78 is 5.52. The van der Waals surface area contributed by atoms with Gasteiger partial charge in [0.05, 0.1) is 18.8 Å². The molecule has 2 aliphatic rings. The number of aromatic nitrogens is 1. The Bertz CT molecular complexity index is 1200. The molecule has 3 aromatic rings. The fraction of sp³-hybridized carbons (Fsp3) is 0.464. The van der Waals surface area contributed by atoms with Crippen LogP contribution in [-0.2, 0) is 16.6 Å². The van der Waals surface area contributed by atoms with Crippen LogP contribution in [0.15, 0.2) is 42.5 Å². The molecule has 0 saturated carbocycles. The molecule has 0 spiro atoms. The number of piperazine rings is 1. The molecule has 2 N–H and O–H groups in total. The van der Waals surface area contributed by atoms with Gasteiger partial charge in [0.15, 0.2) is 0 Å². The smallest absolute Gasteiger partial charge is 0.338 e. The van der Waals surface area contributed by atoms with Gasteiger partial charge in [0.2, 0.25) is 0 Å². The highest BCUT2D eigenvalue weighted by Gasteiger charge is 2.33. The lowest BCUT2D eigenvalue weighted by Gasteiger charge is -2.43. The first-order chi connectivity index (χ1) is 16.9. The molecule has 0 atom stereocenters. The SMILES string of the molecule is CCc1ccc(C(C)(C)c2[nH]c3ccccc3c2C(=O)O)cc1N1CCN(N2CCOCC2)CC1. The zero-order chi connectivity index (χ0) is 24.6. The number of nitrogens with zero attached hydrogens (tertiary/aromatic N) is 3. The number of carbonyl (C=O) groups is 1. The normalized spacial score (nSPS) is 18.3. The number of para-hydroxylation sites is 1. The first kappa shape index (κ1) is 23.9. The van der Waals surface area contributed by atoms with Gasteiger partial charge in [0, 0.05) is 67.0 Å². The van der Waals surface area contributed by atoms with Gasteiger partial charge in [-0.25, -0.2) is 14.8 Å². The molecule has 0 radical (unpaired) electrons. The Balaban J connectivity index is 1.46. The number of aromatic carboxylic acids is 1. The summed E-state index contributed by atoms with van der Waals surface area (Å²) in [6, 6.07) is 14.3. The summed E-state index contributed by atoms with van der Waals surface area (Å²) in [5.74, 6) is -0.893. The minimum atomic E-state index is -0.893. The van der Waals surface area contributed by atoms with Crippen molar-refractivity contribution in [3.63, 3.8) is 0 Å². The van der Waals surface area contributed by atoms with Gasteiger partial charge in [-0.15, -0.1) is 0 Å². The van der Waals surface area contributed by atoms with Crippen LogP contribution in [0.2, 0.25) is 0 Å². The molecule has 0 aliphatic carbocycles. The fourth-order valence-electron chi connectivity index (χ4n) is 5.58. The van der Waals surface area contributed by atoms with Gasteiger partial charge < -0.3 is 19.7 Å². The van der Waals surface area contributed by atoms with E-state index in [-0.39, 0.29) is 0 Å². The first-order valence-electron chi connectivity index (χ1n) is 12.7. The lowest BCUT2D eigenvalue weighted by atomic mass is 9.79. The molecular weight excluding hydrogens is 440 g/mol. The van der Waals surface area contributed by atoms with Gasteiger partial charge in [-0.2, -0.15) is 0 Å². The van der Waals surface area contributed by atoms with E-state index >= 15 is 0 Å². The second-order valence-corrected chi connectivity index (χ2v) is 10.1. The van der Waals surface area contributed by atoms with Crippen molar-refractivity contribution >= 4 is 22.6 Å². The minimum Gasteiger partial charge on any atom is -0.478 e. The Hall–Kier alpha value is -2.87. The number of anilines is 1. The third-order valence-electron chi connectivity index (χ3n) is 7.72. The van der Waals surface area contributed by atoms with Crippen LogP contribution in [0.3, 0.4) is 0 Å². The predicted molar refractivity (Wildman–Crippen MR) is 139 cm³/mol. The molecule has 7 heteroatoms. The Morgan fingerprint density at radius 3 is 2.37 bits per heavy atom. The van der Waals surface area contributed by atoms with Crippen molar-refractivity contribution in [2.45, 2.75) is 32.6 Å². The van der Waals surface area contributed by atoms with E-state index in [0.717, 1.165) is 81.1 Å². The summed E-state index contributed by atoms with van der Waals surface area (Å²) >= 11 is 0. The molecule has 0 bridgehead atoms. The Labute approximate surface area is 207 Å². The minimum absolute atomic E-state index is 0.367. The van der Waals surface area contributed by atoms with E-state index in [1.54, 1.807) is 0 Å². The number of benzene rings is 2. The number of carboxylic acids is 1. The molecule has 7 nitrogen and oxygen atoms in total. The van der Waals surface area contributed by atoms with Gasteiger partial charge >= 0.3 is 5.97 Å². The summed E-state index contributed by atoms with van der Waals surface area (Å²) in [4.78, 5) is 18.2. The Kier molecular flexibility index (Phi) is 6.57. The number of fused-ring (bicyclic) bond motifs is 1. The summed E-state index contributed by atoms with van der Waals surface area (Å²) in [6.07, 6.45) is 0.965. The van der Waals surface area contributed by atoms with Crippen molar-refractivity contribution in [3.8, 4) is 0 Å². The number of morpholine rings is 1. The van der Waals surface area contributed by atoms with E-state index in [0.29, 0.717) is 5.56 Å². The zero-order valence-corrected chi connectivity index (χ0v) is 21.0. The van der Waals surface area contributed by atoms with E-state index in [4.69, 9.17) is 4.74 Å². The average Bonchev–Trinajstić information content (AvgIpc) is 3.30. The van der Waals surface area contributed by atoms with E-state index in [1.807, 2.05) is 24.3 Å². The molecule has 2 fully saturated rings. The molecule has 35 heavy (non-hydrogen) atoms. The van der Waals surface area contributed by atoms with Crippen molar-refractivity contribution in [1.82, 2.24) is 15.0 Å². The summed E-state index contributed by atoms with van der Waals surface area (Å²) in [7, 11) is 0. The van der Waals surface area contributed by atoms with Crippen molar-refractivity contribution in [3.05, 3.63) is 64.8 Å². The predicted octanol–water partition coefficient (Wildman–Crippen LogP) is 4.12. The highest BCUT2D eigenvalue weighted by atomic mass is 16.5. The van der Waals surface area contributed by atoms with Crippen LogP contribution in [0.5, 0.6) is 0 Å². The maximum Gasteiger partial charge on any atom is 0.338 e. The van der Waals surface area contributed by atoms with Crippen molar-refractivity contribution in [2.24, 2.45) is 0 Å². The van der Waals surface area contributed by atoms with E-state index in [9.17, 15) is 9.90 Å². The third-order valence-corrected chi connectivity index (χ3v) is 7.72. The number of H-pyrrole nitrogens is 1. The standard InChI is InChI=1S/C28H36N4O3/c1-4-20-9-10-21(19-24(20)30-11-13-31(14-12-30)32-15-17-35-18-16-32)28(2,3)26-25(27(33)34)22-7-5-6-8-23(22)29-26/h5-10,19,29H,4,11-18H2,1-3H3,(H,33,34). The van der Waals surface area contributed by atoms with Crippen LogP contribution in [0.25, 0.3) is 10.9 Å². The van der Waals surface area contributed by atoms with Gasteiger partial charge in [-0.05, 0) is 29.7 Å². The number of hydrogen-bond donors (Lipinski definition) is 2. The lowest BCUT2D eigenvalue weighted by molar-refractivity contribution is -0.0920.